The first-order valence-electron chi connectivity index (χ1n) is 5.49. The molecule has 5 heteroatoms. The molecule has 1 aliphatic rings. The van der Waals surface area contributed by atoms with Crippen molar-refractivity contribution < 1.29 is 4.74 Å². The lowest BCUT2D eigenvalue weighted by Gasteiger charge is -2.09. The molecule has 0 radical (unpaired) electrons. The summed E-state index contributed by atoms with van der Waals surface area (Å²) in [6.45, 7) is 0.807. The molecule has 1 nitrogen and oxygen atoms in total. The zero-order valence-electron chi connectivity index (χ0n) is 9.25. The number of thiophene rings is 1. The van der Waals surface area contributed by atoms with Crippen molar-refractivity contribution in [1.29, 1.82) is 0 Å². The van der Waals surface area contributed by atoms with Crippen LogP contribution in [0.4, 0.5) is 0 Å². The van der Waals surface area contributed by atoms with Crippen molar-refractivity contribution >= 4 is 59.1 Å². The Hall–Kier alpha value is 0.160. The summed E-state index contributed by atoms with van der Waals surface area (Å²) in [7, 11) is 0. The normalized spacial score (nSPS) is 15.3. The summed E-state index contributed by atoms with van der Waals surface area (Å²) in [5, 5.41) is 0. The molecule has 94 valence electrons. The summed E-state index contributed by atoms with van der Waals surface area (Å²) in [6.07, 6.45) is 1.01. The number of hydrogen-bond donors (Lipinski definition) is 0. The molecule has 1 aliphatic heterocycles. The molecule has 1 aromatic heterocycles. The molecule has 0 saturated carbocycles. The largest absolute Gasteiger partial charge is 0.493 e. The second-order valence-electron chi connectivity index (χ2n) is 4.10. The molecule has 1 atom stereocenters. The van der Waals surface area contributed by atoms with Gasteiger partial charge in [-0.15, -0.1) is 11.3 Å². The van der Waals surface area contributed by atoms with Crippen LogP contribution in [0.5, 0.6) is 5.75 Å². The Morgan fingerprint density at radius 2 is 2.06 bits per heavy atom. The van der Waals surface area contributed by atoms with Crippen LogP contribution in [0.1, 0.15) is 20.8 Å². The van der Waals surface area contributed by atoms with Crippen molar-refractivity contribution in [1.82, 2.24) is 0 Å². The molecule has 1 unspecified atom stereocenters. The Labute approximate surface area is 135 Å². The molecule has 0 aliphatic carbocycles. The van der Waals surface area contributed by atoms with E-state index in [1.807, 2.05) is 0 Å². The zero-order valence-corrected chi connectivity index (χ0v) is 14.8. The van der Waals surface area contributed by atoms with Crippen molar-refractivity contribution in [2.75, 3.05) is 6.61 Å². The van der Waals surface area contributed by atoms with E-state index in [2.05, 4.69) is 72.1 Å². The van der Waals surface area contributed by atoms with Gasteiger partial charge in [-0.1, -0.05) is 28.1 Å². The lowest BCUT2D eigenvalue weighted by Crippen LogP contribution is -1.90. The van der Waals surface area contributed by atoms with Crippen molar-refractivity contribution in [2.24, 2.45) is 0 Å². The molecule has 0 amide bonds. The van der Waals surface area contributed by atoms with Crippen LogP contribution in [0.3, 0.4) is 0 Å². The molecule has 2 heterocycles. The highest BCUT2D eigenvalue weighted by Crippen LogP contribution is 2.42. The maximum Gasteiger partial charge on any atom is 0.122 e. The number of alkyl halides is 1. The van der Waals surface area contributed by atoms with Crippen LogP contribution in [-0.2, 0) is 6.42 Å². The smallest absolute Gasteiger partial charge is 0.122 e. The lowest BCUT2D eigenvalue weighted by molar-refractivity contribution is 0.357. The summed E-state index contributed by atoms with van der Waals surface area (Å²) < 4.78 is 7.77. The van der Waals surface area contributed by atoms with E-state index in [-0.39, 0.29) is 4.83 Å². The van der Waals surface area contributed by atoms with Crippen molar-refractivity contribution in [3.63, 3.8) is 0 Å². The van der Waals surface area contributed by atoms with Crippen molar-refractivity contribution in [2.45, 2.75) is 11.2 Å². The van der Waals surface area contributed by atoms with Gasteiger partial charge in [-0.2, -0.15) is 0 Å². The van der Waals surface area contributed by atoms with Crippen LogP contribution in [-0.4, -0.2) is 6.61 Å². The zero-order chi connectivity index (χ0) is 12.7. The number of rotatable bonds is 2. The summed E-state index contributed by atoms with van der Waals surface area (Å²) >= 11 is 12.6. The van der Waals surface area contributed by atoms with Gasteiger partial charge in [0.25, 0.3) is 0 Å². The van der Waals surface area contributed by atoms with Crippen LogP contribution >= 0.6 is 59.1 Å². The van der Waals surface area contributed by atoms with E-state index in [0.717, 1.165) is 27.0 Å². The van der Waals surface area contributed by atoms with Crippen LogP contribution in [0.2, 0.25) is 0 Å². The molecular formula is C13H9Br3OS. The lowest BCUT2D eigenvalue weighted by atomic mass is 10.1. The standard InChI is InChI=1S/C13H9Br3OS/c14-9-6-11(18-13(9)16)12(15)8-1-2-10-7(5-8)3-4-17-10/h1-2,5-6,12H,3-4H2. The van der Waals surface area contributed by atoms with E-state index in [9.17, 15) is 0 Å². The summed E-state index contributed by atoms with van der Waals surface area (Å²) in [4.78, 5) is 1.52. The SMILES string of the molecule is Brc1cc(C(Br)c2ccc3c(c2)CCO3)sc1Br. The van der Waals surface area contributed by atoms with Gasteiger partial charge in [-0.25, -0.2) is 0 Å². The van der Waals surface area contributed by atoms with E-state index in [4.69, 9.17) is 4.74 Å². The predicted octanol–water partition coefficient (Wildman–Crippen LogP) is 5.69. The van der Waals surface area contributed by atoms with Gasteiger partial charge in [0.1, 0.15) is 5.75 Å². The fourth-order valence-electron chi connectivity index (χ4n) is 2.02. The molecule has 18 heavy (non-hydrogen) atoms. The fraction of sp³-hybridized carbons (Fsp3) is 0.231. The van der Waals surface area contributed by atoms with Crippen LogP contribution in [0.25, 0.3) is 0 Å². The highest BCUT2D eigenvalue weighted by atomic mass is 79.9. The highest BCUT2D eigenvalue weighted by molar-refractivity contribution is 9.13. The van der Waals surface area contributed by atoms with Crippen LogP contribution in [0, 0.1) is 0 Å². The van der Waals surface area contributed by atoms with Gasteiger partial charge in [0.2, 0.25) is 0 Å². The number of hydrogen-bond acceptors (Lipinski definition) is 2. The summed E-state index contributed by atoms with van der Waals surface area (Å²) in [5.74, 6) is 1.03. The topological polar surface area (TPSA) is 9.23 Å². The van der Waals surface area contributed by atoms with E-state index in [1.165, 1.54) is 16.0 Å². The van der Waals surface area contributed by atoms with E-state index in [1.54, 1.807) is 11.3 Å². The average Bonchev–Trinajstić information content (AvgIpc) is 2.95. The van der Waals surface area contributed by atoms with Gasteiger partial charge in [0, 0.05) is 15.8 Å². The van der Waals surface area contributed by atoms with Crippen molar-refractivity contribution in [3.8, 4) is 5.75 Å². The van der Waals surface area contributed by atoms with E-state index < -0.39 is 0 Å². The Balaban J connectivity index is 1.94. The maximum absolute atomic E-state index is 5.53. The van der Waals surface area contributed by atoms with Gasteiger partial charge >= 0.3 is 0 Å². The first-order chi connectivity index (χ1) is 8.65. The van der Waals surface area contributed by atoms with Crippen molar-refractivity contribution in [3.05, 3.63) is 48.5 Å². The fourth-order valence-corrected chi connectivity index (χ4v) is 4.81. The molecule has 0 N–H and O–H groups in total. The summed E-state index contributed by atoms with van der Waals surface area (Å²) in [5.41, 5.74) is 2.59. The number of benzene rings is 1. The first kappa shape index (κ1) is 13.2. The molecule has 1 aromatic carbocycles. The van der Waals surface area contributed by atoms with Crippen LogP contribution in [0.15, 0.2) is 32.5 Å². The molecule has 2 aromatic rings. The molecule has 0 spiro atoms. The molecule has 0 saturated heterocycles. The second kappa shape index (κ2) is 5.27. The van der Waals surface area contributed by atoms with E-state index >= 15 is 0 Å². The van der Waals surface area contributed by atoms with Gasteiger partial charge in [-0.3, -0.25) is 0 Å². The minimum Gasteiger partial charge on any atom is -0.493 e. The van der Waals surface area contributed by atoms with E-state index in [0.29, 0.717) is 0 Å². The second-order valence-corrected chi connectivity index (χ2v) is 8.27. The summed E-state index contributed by atoms with van der Waals surface area (Å²) in [6, 6.07) is 8.59. The van der Waals surface area contributed by atoms with Gasteiger partial charge in [0.15, 0.2) is 0 Å². The third-order valence-electron chi connectivity index (χ3n) is 2.92. The van der Waals surface area contributed by atoms with Gasteiger partial charge in [-0.05, 0) is 55.1 Å². The minimum atomic E-state index is 0.232. The predicted molar refractivity (Wildman–Crippen MR) is 86.1 cm³/mol. The minimum absolute atomic E-state index is 0.232. The number of fused-ring (bicyclic) bond motifs is 1. The third-order valence-corrected chi connectivity index (χ3v) is 7.57. The molecular weight excluding hydrogens is 444 g/mol. The average molecular weight is 453 g/mol. The molecule has 0 fully saturated rings. The number of halogens is 3. The molecule has 3 rings (SSSR count). The Kier molecular flexibility index (Phi) is 3.85. The van der Waals surface area contributed by atoms with Gasteiger partial charge < -0.3 is 4.74 Å². The van der Waals surface area contributed by atoms with Gasteiger partial charge in [0.05, 0.1) is 15.2 Å². The Bertz CT molecular complexity index is 574. The molecule has 0 bridgehead atoms. The first-order valence-corrected chi connectivity index (χ1v) is 8.81. The Morgan fingerprint density at radius 1 is 1.22 bits per heavy atom. The third kappa shape index (κ3) is 2.42. The highest BCUT2D eigenvalue weighted by Gasteiger charge is 2.18. The quantitative estimate of drug-likeness (QED) is 0.532. The number of ether oxygens (including phenoxy) is 1. The Morgan fingerprint density at radius 3 is 2.78 bits per heavy atom. The maximum atomic E-state index is 5.53. The monoisotopic (exact) mass is 450 g/mol. The van der Waals surface area contributed by atoms with Crippen LogP contribution < -0.4 is 4.74 Å².